The summed E-state index contributed by atoms with van der Waals surface area (Å²) in [5, 5.41) is 10.4. The number of hydrogen-bond acceptors (Lipinski definition) is 3. The Morgan fingerprint density at radius 1 is 1.79 bits per heavy atom. The van der Waals surface area contributed by atoms with Crippen molar-refractivity contribution in [2.45, 2.75) is 6.92 Å². The molecule has 0 spiro atoms. The van der Waals surface area contributed by atoms with Gasteiger partial charge in [-0.2, -0.15) is 0 Å². The number of hydrogen-bond donors (Lipinski definition) is 1. The molecule has 0 unspecified atom stereocenters. The van der Waals surface area contributed by atoms with E-state index in [0.717, 1.165) is 16.9 Å². The van der Waals surface area contributed by atoms with Crippen LogP contribution in [0.15, 0.2) is 22.6 Å². The van der Waals surface area contributed by atoms with Gasteiger partial charge in [0.15, 0.2) is 4.88 Å². The third-order valence-corrected chi connectivity index (χ3v) is 2.72. The number of ether oxygens (including phenoxy) is 1. The molecule has 0 aliphatic heterocycles. The summed E-state index contributed by atoms with van der Waals surface area (Å²) in [5.74, 6) is -0.581. The summed E-state index contributed by atoms with van der Waals surface area (Å²) in [6, 6.07) is 1.63. The maximum atomic E-state index is 10.7. The fourth-order valence-electron chi connectivity index (χ4n) is 0.790. The molecule has 0 aromatic carbocycles. The number of carboxylic acid groups (broad SMARTS) is 1. The zero-order valence-electron chi connectivity index (χ0n) is 7.49. The average molecular weight is 233 g/mol. The van der Waals surface area contributed by atoms with Crippen LogP contribution in [0.1, 0.15) is 16.6 Å². The van der Waals surface area contributed by atoms with Crippen molar-refractivity contribution < 1.29 is 14.6 Å². The van der Waals surface area contributed by atoms with Crippen molar-refractivity contribution in [3.05, 3.63) is 27.4 Å². The average Bonchev–Trinajstić information content (AvgIpc) is 2.62. The van der Waals surface area contributed by atoms with Gasteiger partial charge in [0.25, 0.3) is 0 Å². The van der Waals surface area contributed by atoms with Crippen LogP contribution in [0.4, 0.5) is 0 Å². The van der Waals surface area contributed by atoms with Gasteiger partial charge >= 0.3 is 5.97 Å². The van der Waals surface area contributed by atoms with Crippen LogP contribution in [0.3, 0.4) is 0 Å². The molecular weight excluding hydrogens is 224 g/mol. The third kappa shape index (κ3) is 2.75. The van der Waals surface area contributed by atoms with Crippen LogP contribution in [-0.2, 0) is 0 Å². The second-order valence-electron chi connectivity index (χ2n) is 2.66. The lowest BCUT2D eigenvalue weighted by Crippen LogP contribution is -2.01. The molecule has 0 bridgehead atoms. The van der Waals surface area contributed by atoms with Gasteiger partial charge in [-0.05, 0) is 23.9 Å². The molecule has 1 heterocycles. The summed E-state index contributed by atoms with van der Waals surface area (Å²) in [6.45, 7) is 2.11. The van der Waals surface area contributed by atoms with Crippen LogP contribution in [0, 0.1) is 0 Å². The molecule has 1 aromatic heterocycles. The number of aromatic carboxylic acids is 1. The molecule has 1 N–H and O–H groups in total. The largest absolute Gasteiger partial charge is 0.487 e. The summed E-state index contributed by atoms with van der Waals surface area (Å²) in [6.07, 6.45) is 0. The van der Waals surface area contributed by atoms with E-state index in [2.05, 4.69) is 0 Å². The van der Waals surface area contributed by atoms with E-state index in [-0.39, 0.29) is 4.88 Å². The molecular formula is C9H9ClO3S. The minimum Gasteiger partial charge on any atom is -0.487 e. The van der Waals surface area contributed by atoms with Crippen LogP contribution in [-0.4, -0.2) is 17.7 Å². The van der Waals surface area contributed by atoms with Crippen molar-refractivity contribution in [1.82, 2.24) is 0 Å². The van der Waals surface area contributed by atoms with E-state index >= 15 is 0 Å². The lowest BCUT2D eigenvalue weighted by Gasteiger charge is -2.04. The molecule has 0 aliphatic carbocycles. The van der Waals surface area contributed by atoms with Gasteiger partial charge in [-0.25, -0.2) is 4.79 Å². The van der Waals surface area contributed by atoms with Gasteiger partial charge in [-0.1, -0.05) is 11.6 Å². The molecule has 0 radical (unpaired) electrons. The topological polar surface area (TPSA) is 46.5 Å². The van der Waals surface area contributed by atoms with Crippen molar-refractivity contribution in [3.8, 4) is 5.75 Å². The Bertz CT molecular complexity index is 357. The van der Waals surface area contributed by atoms with Crippen LogP contribution >= 0.6 is 22.9 Å². The first-order chi connectivity index (χ1) is 6.65. The number of rotatable bonds is 4. The minimum absolute atomic E-state index is 0.215. The third-order valence-electron chi connectivity index (χ3n) is 1.46. The fourth-order valence-corrected chi connectivity index (χ4v) is 1.52. The minimum atomic E-state index is -0.970. The van der Waals surface area contributed by atoms with E-state index in [4.69, 9.17) is 21.4 Å². The molecule has 14 heavy (non-hydrogen) atoms. The Balaban J connectivity index is 2.67. The van der Waals surface area contributed by atoms with Gasteiger partial charge < -0.3 is 9.84 Å². The Morgan fingerprint density at radius 2 is 2.50 bits per heavy atom. The van der Waals surface area contributed by atoms with Crippen molar-refractivity contribution in [2.24, 2.45) is 0 Å². The van der Waals surface area contributed by atoms with E-state index in [1.807, 2.05) is 0 Å². The monoisotopic (exact) mass is 232 g/mol. The fraction of sp³-hybridized carbons (Fsp3) is 0.222. The maximum absolute atomic E-state index is 10.7. The lowest BCUT2D eigenvalue weighted by atomic mass is 10.4. The number of carboxylic acids is 1. The predicted octanol–water partition coefficient (Wildman–Crippen LogP) is 2.97. The number of carbonyl (C=O) groups is 1. The Hall–Kier alpha value is -1.00. The summed E-state index contributed by atoms with van der Waals surface area (Å²) in [5.41, 5.74) is 2.25. The lowest BCUT2D eigenvalue weighted by molar-refractivity contribution is 0.0698. The SMILES string of the molecule is C/C(=C/Cl)COc1ccsc1C(=O)O. The van der Waals surface area contributed by atoms with Crippen molar-refractivity contribution in [2.75, 3.05) is 6.61 Å². The first-order valence-electron chi connectivity index (χ1n) is 3.84. The molecule has 3 nitrogen and oxygen atoms in total. The van der Waals surface area contributed by atoms with Crippen LogP contribution in [0.2, 0.25) is 0 Å². The molecule has 5 heteroatoms. The number of halogens is 1. The standard InChI is InChI=1S/C9H9ClO3S/c1-6(4-10)5-13-7-2-3-14-8(7)9(11)12/h2-4H,5H2,1H3,(H,11,12)/b6-4-. The van der Waals surface area contributed by atoms with E-state index in [0.29, 0.717) is 12.4 Å². The highest BCUT2D eigenvalue weighted by atomic mass is 35.5. The van der Waals surface area contributed by atoms with Gasteiger partial charge in [0, 0.05) is 5.54 Å². The molecule has 0 atom stereocenters. The highest BCUT2D eigenvalue weighted by Gasteiger charge is 2.12. The van der Waals surface area contributed by atoms with E-state index in [9.17, 15) is 4.79 Å². The molecule has 0 aliphatic rings. The number of thiophene rings is 1. The molecule has 0 saturated carbocycles. The summed E-state index contributed by atoms with van der Waals surface area (Å²) < 4.78 is 5.27. The first-order valence-corrected chi connectivity index (χ1v) is 5.16. The molecule has 76 valence electrons. The molecule has 0 fully saturated rings. The predicted molar refractivity (Wildman–Crippen MR) is 56.4 cm³/mol. The van der Waals surface area contributed by atoms with Gasteiger partial charge in [0.1, 0.15) is 12.4 Å². The van der Waals surface area contributed by atoms with Gasteiger partial charge in [-0.15, -0.1) is 11.3 Å². The first kappa shape index (κ1) is 11.1. The second-order valence-corrected chi connectivity index (χ2v) is 3.80. The smallest absolute Gasteiger partial charge is 0.349 e. The Labute approximate surface area is 90.6 Å². The quantitative estimate of drug-likeness (QED) is 0.868. The highest BCUT2D eigenvalue weighted by molar-refractivity contribution is 7.12. The molecule has 1 aromatic rings. The zero-order valence-corrected chi connectivity index (χ0v) is 9.06. The van der Waals surface area contributed by atoms with Gasteiger partial charge in [0.05, 0.1) is 0 Å². The summed E-state index contributed by atoms with van der Waals surface area (Å²) in [7, 11) is 0. The highest BCUT2D eigenvalue weighted by Crippen LogP contribution is 2.24. The van der Waals surface area contributed by atoms with E-state index in [1.165, 1.54) is 5.54 Å². The molecule has 1 rings (SSSR count). The van der Waals surface area contributed by atoms with E-state index in [1.54, 1.807) is 18.4 Å². The van der Waals surface area contributed by atoms with Crippen LogP contribution in [0.5, 0.6) is 5.75 Å². The Kier molecular flexibility index (Phi) is 3.98. The maximum Gasteiger partial charge on any atom is 0.349 e. The van der Waals surface area contributed by atoms with Gasteiger partial charge in [0.2, 0.25) is 0 Å². The normalized spacial score (nSPS) is 11.4. The van der Waals surface area contributed by atoms with E-state index < -0.39 is 5.97 Å². The second kappa shape index (κ2) is 5.02. The Morgan fingerprint density at radius 3 is 3.07 bits per heavy atom. The van der Waals surface area contributed by atoms with Crippen molar-refractivity contribution >= 4 is 28.9 Å². The molecule has 0 amide bonds. The van der Waals surface area contributed by atoms with Crippen molar-refractivity contribution in [3.63, 3.8) is 0 Å². The van der Waals surface area contributed by atoms with Crippen LogP contribution in [0.25, 0.3) is 0 Å². The summed E-state index contributed by atoms with van der Waals surface area (Å²) >= 11 is 6.58. The van der Waals surface area contributed by atoms with Crippen LogP contribution < -0.4 is 4.74 Å². The summed E-state index contributed by atoms with van der Waals surface area (Å²) in [4.78, 5) is 10.9. The van der Waals surface area contributed by atoms with Gasteiger partial charge in [-0.3, -0.25) is 0 Å². The van der Waals surface area contributed by atoms with Crippen molar-refractivity contribution in [1.29, 1.82) is 0 Å². The zero-order chi connectivity index (χ0) is 10.6. The molecule has 0 saturated heterocycles.